The summed E-state index contributed by atoms with van der Waals surface area (Å²) in [5, 5.41) is 6.87. The molecule has 0 amide bonds. The van der Waals surface area contributed by atoms with Crippen molar-refractivity contribution >= 4 is 22.7 Å². The molecule has 4 aromatic rings. The Morgan fingerprint density at radius 2 is 1.48 bits per heavy atom. The van der Waals surface area contributed by atoms with Crippen molar-refractivity contribution < 1.29 is 17.9 Å². The van der Waals surface area contributed by atoms with Crippen LogP contribution in [0.2, 0.25) is 0 Å². The number of aromatic nitrogens is 1. The van der Waals surface area contributed by atoms with E-state index in [1.165, 1.54) is 23.5 Å². The summed E-state index contributed by atoms with van der Waals surface area (Å²) in [5.41, 5.74) is 7.38. The molecule has 0 atom stereocenters. The summed E-state index contributed by atoms with van der Waals surface area (Å²) in [7, 11) is 0. The lowest BCUT2D eigenvalue weighted by atomic mass is 10.0. The van der Waals surface area contributed by atoms with Gasteiger partial charge in [-0.3, -0.25) is 5.43 Å². The van der Waals surface area contributed by atoms with Crippen LogP contribution < -0.4 is 10.2 Å². The highest BCUT2D eigenvalue weighted by molar-refractivity contribution is 7.14. The second kappa shape index (κ2) is 9.01. The Kier molecular flexibility index (Phi) is 5.99. The molecular formula is C23H16F3N3OS. The van der Waals surface area contributed by atoms with Crippen molar-refractivity contribution in [3.8, 4) is 28.1 Å². The number of rotatable bonds is 6. The van der Waals surface area contributed by atoms with Gasteiger partial charge < -0.3 is 4.74 Å². The fraction of sp³-hybridized carbons (Fsp3) is 0.0435. The molecule has 0 aliphatic heterocycles. The summed E-state index contributed by atoms with van der Waals surface area (Å²) < 4.78 is 40.7. The molecule has 0 aliphatic carbocycles. The lowest BCUT2D eigenvalue weighted by Crippen LogP contribution is -2.16. The minimum absolute atomic E-state index is 0.247. The van der Waals surface area contributed by atoms with E-state index in [0.717, 1.165) is 27.9 Å². The second-order valence-electron chi connectivity index (χ2n) is 6.47. The van der Waals surface area contributed by atoms with Crippen LogP contribution in [-0.2, 0) is 0 Å². The van der Waals surface area contributed by atoms with E-state index in [1.54, 1.807) is 18.3 Å². The summed E-state index contributed by atoms with van der Waals surface area (Å²) >= 11 is 1.47. The molecule has 8 heteroatoms. The monoisotopic (exact) mass is 439 g/mol. The molecule has 31 heavy (non-hydrogen) atoms. The molecule has 0 saturated heterocycles. The molecule has 4 rings (SSSR count). The minimum Gasteiger partial charge on any atom is -0.406 e. The molecule has 156 valence electrons. The first-order chi connectivity index (χ1) is 15.0. The van der Waals surface area contributed by atoms with Crippen LogP contribution in [0.1, 0.15) is 5.56 Å². The van der Waals surface area contributed by atoms with Gasteiger partial charge in [0, 0.05) is 10.9 Å². The Balaban J connectivity index is 1.36. The summed E-state index contributed by atoms with van der Waals surface area (Å²) in [4.78, 5) is 4.51. The van der Waals surface area contributed by atoms with Crippen LogP contribution in [0.4, 0.5) is 18.3 Å². The Morgan fingerprint density at radius 3 is 2.13 bits per heavy atom. The SMILES string of the molecule is FC(F)(F)Oc1ccc(-c2ccc(C=NNc3nc(-c4ccccc4)cs3)cc2)cc1. The molecule has 0 spiro atoms. The van der Waals surface area contributed by atoms with Crippen molar-refractivity contribution in [3.05, 3.63) is 89.8 Å². The van der Waals surface area contributed by atoms with Gasteiger partial charge in [-0.15, -0.1) is 24.5 Å². The number of ether oxygens (including phenoxy) is 1. The number of benzene rings is 3. The number of anilines is 1. The predicted octanol–water partition coefficient (Wildman–Crippen LogP) is 6.82. The summed E-state index contributed by atoms with van der Waals surface area (Å²) in [6, 6.07) is 23.1. The van der Waals surface area contributed by atoms with Crippen LogP contribution in [-0.4, -0.2) is 17.6 Å². The second-order valence-corrected chi connectivity index (χ2v) is 7.33. The quantitative estimate of drug-likeness (QED) is 0.265. The summed E-state index contributed by atoms with van der Waals surface area (Å²) in [6.07, 6.45) is -3.02. The molecule has 0 bridgehead atoms. The molecule has 3 aromatic carbocycles. The summed E-state index contributed by atoms with van der Waals surface area (Å²) in [5.74, 6) is -0.247. The van der Waals surface area contributed by atoms with Gasteiger partial charge in [0.15, 0.2) is 0 Å². The number of hydrogen-bond donors (Lipinski definition) is 1. The first kappa shape index (κ1) is 20.6. The molecule has 0 saturated carbocycles. The summed E-state index contributed by atoms with van der Waals surface area (Å²) in [6.45, 7) is 0. The lowest BCUT2D eigenvalue weighted by molar-refractivity contribution is -0.274. The molecular weight excluding hydrogens is 423 g/mol. The largest absolute Gasteiger partial charge is 0.573 e. The number of hydrogen-bond acceptors (Lipinski definition) is 5. The smallest absolute Gasteiger partial charge is 0.406 e. The van der Waals surface area contributed by atoms with Gasteiger partial charge in [0.05, 0.1) is 11.9 Å². The molecule has 0 radical (unpaired) electrons. The van der Waals surface area contributed by atoms with Crippen molar-refractivity contribution in [3.63, 3.8) is 0 Å². The van der Waals surface area contributed by atoms with Crippen LogP contribution in [0.15, 0.2) is 89.3 Å². The average molecular weight is 439 g/mol. The molecule has 0 aliphatic rings. The van der Waals surface area contributed by atoms with E-state index in [9.17, 15) is 13.2 Å². The van der Waals surface area contributed by atoms with Gasteiger partial charge in [-0.2, -0.15) is 5.10 Å². The molecule has 1 heterocycles. The lowest BCUT2D eigenvalue weighted by Gasteiger charge is -2.09. The highest BCUT2D eigenvalue weighted by atomic mass is 32.1. The molecule has 1 N–H and O–H groups in total. The van der Waals surface area contributed by atoms with Gasteiger partial charge in [-0.25, -0.2) is 4.98 Å². The van der Waals surface area contributed by atoms with E-state index < -0.39 is 6.36 Å². The van der Waals surface area contributed by atoms with Gasteiger partial charge in [0.2, 0.25) is 5.13 Å². The van der Waals surface area contributed by atoms with Crippen LogP contribution >= 0.6 is 11.3 Å². The predicted molar refractivity (Wildman–Crippen MR) is 117 cm³/mol. The molecule has 0 unspecified atom stereocenters. The van der Waals surface area contributed by atoms with Gasteiger partial charge in [0.25, 0.3) is 0 Å². The number of halogens is 3. The number of nitrogens with one attached hydrogen (secondary N) is 1. The fourth-order valence-corrected chi connectivity index (χ4v) is 3.51. The zero-order valence-corrected chi connectivity index (χ0v) is 16.8. The highest BCUT2D eigenvalue weighted by Gasteiger charge is 2.30. The third-order valence-electron chi connectivity index (χ3n) is 4.28. The third kappa shape index (κ3) is 5.70. The zero-order chi connectivity index (χ0) is 21.7. The zero-order valence-electron chi connectivity index (χ0n) is 16.0. The van der Waals surface area contributed by atoms with Crippen LogP contribution in [0.3, 0.4) is 0 Å². The maximum absolute atomic E-state index is 12.3. The maximum Gasteiger partial charge on any atom is 0.573 e. The first-order valence-electron chi connectivity index (χ1n) is 9.22. The van der Waals surface area contributed by atoms with Gasteiger partial charge in [-0.1, -0.05) is 66.7 Å². The van der Waals surface area contributed by atoms with Gasteiger partial charge >= 0.3 is 6.36 Å². The Morgan fingerprint density at radius 1 is 0.839 bits per heavy atom. The fourth-order valence-electron chi connectivity index (χ4n) is 2.84. The number of thiazole rings is 1. The van der Waals surface area contributed by atoms with E-state index in [1.807, 2.05) is 60.0 Å². The topological polar surface area (TPSA) is 46.5 Å². The normalized spacial score (nSPS) is 11.6. The van der Waals surface area contributed by atoms with Crippen LogP contribution in [0.25, 0.3) is 22.4 Å². The number of nitrogens with zero attached hydrogens (tertiary/aromatic N) is 2. The Bertz CT molecular complexity index is 1160. The average Bonchev–Trinajstić information content (AvgIpc) is 3.23. The standard InChI is InChI=1S/C23H16F3N3OS/c24-23(25,26)30-20-12-10-18(11-13-20)17-8-6-16(7-9-17)14-27-29-22-28-21(15-31-22)19-4-2-1-3-5-19/h1-15H,(H,28,29). The van der Waals surface area contributed by atoms with E-state index in [2.05, 4.69) is 20.2 Å². The highest BCUT2D eigenvalue weighted by Crippen LogP contribution is 2.27. The van der Waals surface area contributed by atoms with Gasteiger partial charge in [-0.05, 0) is 28.8 Å². The van der Waals surface area contributed by atoms with Crippen molar-refractivity contribution in [2.24, 2.45) is 5.10 Å². The van der Waals surface area contributed by atoms with Crippen molar-refractivity contribution in [2.75, 3.05) is 5.43 Å². The number of alkyl halides is 3. The van der Waals surface area contributed by atoms with Crippen LogP contribution in [0.5, 0.6) is 5.75 Å². The third-order valence-corrected chi connectivity index (χ3v) is 5.03. The molecule has 4 nitrogen and oxygen atoms in total. The van der Waals surface area contributed by atoms with Crippen molar-refractivity contribution in [2.45, 2.75) is 6.36 Å². The van der Waals surface area contributed by atoms with E-state index in [0.29, 0.717) is 5.13 Å². The number of hydrazone groups is 1. The maximum atomic E-state index is 12.3. The van der Waals surface area contributed by atoms with Crippen LogP contribution in [0, 0.1) is 0 Å². The first-order valence-corrected chi connectivity index (χ1v) is 10.1. The molecule has 0 fully saturated rings. The Labute approximate surface area is 180 Å². The van der Waals surface area contributed by atoms with E-state index in [4.69, 9.17) is 0 Å². The van der Waals surface area contributed by atoms with Crippen molar-refractivity contribution in [1.29, 1.82) is 0 Å². The van der Waals surface area contributed by atoms with Gasteiger partial charge in [0.1, 0.15) is 5.75 Å². The van der Waals surface area contributed by atoms with E-state index >= 15 is 0 Å². The minimum atomic E-state index is -4.70. The van der Waals surface area contributed by atoms with Crippen molar-refractivity contribution in [1.82, 2.24) is 4.98 Å². The van der Waals surface area contributed by atoms with E-state index in [-0.39, 0.29) is 5.75 Å². The molecule has 1 aromatic heterocycles. The Hall–Kier alpha value is -3.65.